The number of carbonyl (C=O) groups is 3. The number of nitrogens with zero attached hydrogens (tertiary/aromatic N) is 1. The van der Waals surface area contributed by atoms with Gasteiger partial charge in [0, 0.05) is 12.6 Å². The maximum Gasteiger partial charge on any atom is 0.338 e. The molecule has 0 aliphatic carbocycles. The number of ether oxygens (including phenoxy) is 1. The zero-order chi connectivity index (χ0) is 22.6. The van der Waals surface area contributed by atoms with Gasteiger partial charge < -0.3 is 10.1 Å². The number of rotatable bonds is 6. The lowest BCUT2D eigenvalue weighted by Crippen LogP contribution is -2.41. The summed E-state index contributed by atoms with van der Waals surface area (Å²) >= 11 is 0. The number of fused-ring (bicyclic) bond motifs is 1. The zero-order valence-electron chi connectivity index (χ0n) is 17.1. The molecule has 0 fully saturated rings. The quantitative estimate of drug-likeness (QED) is 0.654. The number of sulfonamides is 1. The lowest BCUT2D eigenvalue weighted by Gasteiger charge is -2.24. The van der Waals surface area contributed by atoms with Crippen LogP contribution in [0.5, 0.6) is 0 Å². The molecule has 3 amide bonds. The van der Waals surface area contributed by atoms with Crippen molar-refractivity contribution in [3.05, 3.63) is 59.7 Å². The van der Waals surface area contributed by atoms with Crippen LogP contribution in [0.2, 0.25) is 0 Å². The third-order valence-electron chi connectivity index (χ3n) is 4.70. The van der Waals surface area contributed by atoms with E-state index in [0.717, 1.165) is 5.56 Å². The summed E-state index contributed by atoms with van der Waals surface area (Å²) in [5.74, 6) is -1.68. The van der Waals surface area contributed by atoms with Gasteiger partial charge in [-0.15, -0.1) is 0 Å². The van der Waals surface area contributed by atoms with Gasteiger partial charge in [-0.1, -0.05) is 24.3 Å². The van der Waals surface area contributed by atoms with Crippen molar-refractivity contribution in [1.29, 1.82) is 0 Å². The third-order valence-corrected chi connectivity index (χ3v) is 6.62. The highest BCUT2D eigenvalue weighted by Gasteiger charge is 2.36. The van der Waals surface area contributed by atoms with Crippen LogP contribution in [0.1, 0.15) is 29.8 Å². The highest BCUT2D eigenvalue weighted by molar-refractivity contribution is 7.92. The highest BCUT2D eigenvalue weighted by Crippen LogP contribution is 2.36. The summed E-state index contributed by atoms with van der Waals surface area (Å²) in [7, 11) is -3.92. The second-order valence-electron chi connectivity index (χ2n) is 6.99. The average Bonchev–Trinajstić information content (AvgIpc) is 3.08. The van der Waals surface area contributed by atoms with Crippen molar-refractivity contribution < 1.29 is 27.5 Å². The minimum Gasteiger partial charge on any atom is -0.452 e. The Bertz CT molecular complexity index is 1120. The molecule has 1 heterocycles. The van der Waals surface area contributed by atoms with E-state index >= 15 is 0 Å². The third kappa shape index (κ3) is 4.85. The molecule has 0 radical (unpaired) electrons. The Morgan fingerprint density at radius 1 is 1.13 bits per heavy atom. The number of amides is 3. The maximum atomic E-state index is 13.3. The van der Waals surface area contributed by atoms with Crippen LogP contribution in [0, 0.1) is 0 Å². The number of benzene rings is 2. The molecule has 10 heteroatoms. The molecule has 0 saturated carbocycles. The summed E-state index contributed by atoms with van der Waals surface area (Å²) in [5.41, 5.74) is 1.53. The largest absolute Gasteiger partial charge is 0.452 e. The van der Waals surface area contributed by atoms with E-state index in [1.54, 1.807) is 19.1 Å². The van der Waals surface area contributed by atoms with E-state index in [-0.39, 0.29) is 16.5 Å². The number of carbonyl (C=O) groups excluding carboxylic acids is 3. The van der Waals surface area contributed by atoms with Crippen LogP contribution in [0.3, 0.4) is 0 Å². The van der Waals surface area contributed by atoms with Crippen molar-refractivity contribution in [3.8, 4) is 0 Å². The van der Waals surface area contributed by atoms with Crippen LogP contribution < -0.4 is 14.9 Å². The van der Waals surface area contributed by atoms with Crippen molar-refractivity contribution in [2.24, 2.45) is 0 Å². The van der Waals surface area contributed by atoms with Gasteiger partial charge in [0.1, 0.15) is 0 Å². The maximum absolute atomic E-state index is 13.3. The molecule has 31 heavy (non-hydrogen) atoms. The fourth-order valence-corrected chi connectivity index (χ4v) is 5.12. The van der Waals surface area contributed by atoms with Crippen molar-refractivity contribution in [3.63, 3.8) is 0 Å². The lowest BCUT2D eigenvalue weighted by atomic mass is 10.1. The summed E-state index contributed by atoms with van der Waals surface area (Å²) < 4.78 is 32.8. The van der Waals surface area contributed by atoms with E-state index in [1.807, 2.05) is 24.4 Å². The van der Waals surface area contributed by atoms with Crippen LogP contribution in [0.15, 0.2) is 53.4 Å². The molecule has 9 nitrogen and oxygen atoms in total. The van der Waals surface area contributed by atoms with Gasteiger partial charge in [0.15, 0.2) is 6.61 Å². The van der Waals surface area contributed by atoms with Crippen molar-refractivity contribution in [1.82, 2.24) is 10.6 Å². The number of nitrogens with one attached hydrogen (secondary N) is 2. The summed E-state index contributed by atoms with van der Waals surface area (Å²) in [4.78, 5) is 35.2. The minimum absolute atomic E-state index is 0.0213. The first-order valence-corrected chi connectivity index (χ1v) is 11.1. The number of hydrogen-bond acceptors (Lipinski definition) is 6. The number of hydrogen-bond donors (Lipinski definition) is 2. The second kappa shape index (κ2) is 9.17. The minimum atomic E-state index is -3.92. The first-order chi connectivity index (χ1) is 14.7. The van der Waals surface area contributed by atoms with Crippen LogP contribution in [-0.2, 0) is 26.0 Å². The van der Waals surface area contributed by atoms with Crippen LogP contribution >= 0.6 is 0 Å². The first kappa shape index (κ1) is 22.3. The van der Waals surface area contributed by atoms with Gasteiger partial charge in [0.05, 0.1) is 16.1 Å². The van der Waals surface area contributed by atoms with Gasteiger partial charge in [0.2, 0.25) is 0 Å². The van der Waals surface area contributed by atoms with E-state index in [4.69, 9.17) is 4.74 Å². The Morgan fingerprint density at radius 2 is 1.87 bits per heavy atom. The van der Waals surface area contributed by atoms with Crippen LogP contribution in [0.4, 0.5) is 10.5 Å². The number of esters is 1. The topological polar surface area (TPSA) is 122 Å². The molecular formula is C21H23N3O6S. The smallest absolute Gasteiger partial charge is 0.338 e. The number of imide groups is 1. The zero-order valence-corrected chi connectivity index (χ0v) is 17.9. The molecule has 0 spiro atoms. The van der Waals surface area contributed by atoms with Crippen molar-refractivity contribution >= 4 is 33.6 Å². The van der Waals surface area contributed by atoms with E-state index in [2.05, 4.69) is 5.32 Å². The molecule has 2 aromatic rings. The SMILES string of the molecule is CCNC(=O)NC(=O)COC(=O)c1cccc(S(=O)(=O)N2c3ccccc3C[C@H]2C)c1. The first-order valence-electron chi connectivity index (χ1n) is 9.71. The monoisotopic (exact) mass is 445 g/mol. The molecule has 1 aliphatic heterocycles. The second-order valence-corrected chi connectivity index (χ2v) is 8.81. The molecular weight excluding hydrogens is 422 g/mol. The van der Waals surface area contributed by atoms with Gasteiger partial charge >= 0.3 is 12.0 Å². The van der Waals surface area contributed by atoms with E-state index < -0.39 is 34.5 Å². The Hall–Kier alpha value is -3.40. The molecule has 0 unspecified atom stereocenters. The van der Waals surface area contributed by atoms with E-state index in [0.29, 0.717) is 18.7 Å². The lowest BCUT2D eigenvalue weighted by molar-refractivity contribution is -0.123. The molecule has 0 bridgehead atoms. The Morgan fingerprint density at radius 3 is 2.61 bits per heavy atom. The van der Waals surface area contributed by atoms with Gasteiger partial charge in [0.25, 0.3) is 15.9 Å². The van der Waals surface area contributed by atoms with E-state index in [9.17, 15) is 22.8 Å². The molecule has 0 saturated heterocycles. The molecule has 2 aromatic carbocycles. The molecule has 1 aliphatic rings. The molecule has 3 rings (SSSR count). The van der Waals surface area contributed by atoms with Crippen molar-refractivity contribution in [2.75, 3.05) is 17.5 Å². The van der Waals surface area contributed by atoms with Crippen LogP contribution in [-0.4, -0.2) is 45.5 Å². The molecule has 2 N–H and O–H groups in total. The fraction of sp³-hybridized carbons (Fsp3) is 0.286. The average molecular weight is 445 g/mol. The summed E-state index contributed by atoms with van der Waals surface area (Å²) in [6.07, 6.45) is 0.595. The number of anilines is 1. The standard InChI is InChI=1S/C21H23N3O6S/c1-3-22-21(27)23-19(25)13-30-20(26)16-8-6-9-17(12-16)31(28,29)24-14(2)11-15-7-4-5-10-18(15)24/h4-10,12,14H,3,11,13H2,1-2H3,(H2,22,23,25,27)/t14-/m1/s1. The summed E-state index contributed by atoms with van der Waals surface area (Å²) in [5, 5.41) is 4.38. The fourth-order valence-electron chi connectivity index (χ4n) is 3.38. The summed E-state index contributed by atoms with van der Waals surface area (Å²) in [6, 6.07) is 11.8. The predicted octanol–water partition coefficient (Wildman–Crippen LogP) is 1.83. The van der Waals surface area contributed by atoms with Crippen molar-refractivity contribution in [2.45, 2.75) is 31.2 Å². The van der Waals surface area contributed by atoms with Gasteiger partial charge in [-0.25, -0.2) is 18.0 Å². The summed E-state index contributed by atoms with van der Waals surface area (Å²) in [6.45, 7) is 3.17. The molecule has 1 atom stereocenters. The van der Waals surface area contributed by atoms with Gasteiger partial charge in [-0.05, 0) is 50.1 Å². The van der Waals surface area contributed by atoms with E-state index in [1.165, 1.54) is 28.6 Å². The molecule has 0 aromatic heterocycles. The molecule has 164 valence electrons. The van der Waals surface area contributed by atoms with Crippen LogP contribution in [0.25, 0.3) is 0 Å². The van der Waals surface area contributed by atoms with Gasteiger partial charge in [-0.3, -0.25) is 14.4 Å². The number of urea groups is 1. The normalized spacial score (nSPS) is 15.2. The Labute approximate surface area is 180 Å². The predicted molar refractivity (Wildman–Crippen MR) is 113 cm³/mol. The Kier molecular flexibility index (Phi) is 6.59. The number of para-hydroxylation sites is 1. The van der Waals surface area contributed by atoms with Gasteiger partial charge in [-0.2, -0.15) is 0 Å². The highest BCUT2D eigenvalue weighted by atomic mass is 32.2. The Balaban J connectivity index is 1.75.